The van der Waals surface area contributed by atoms with Gasteiger partial charge in [-0.15, -0.1) is 0 Å². The lowest BCUT2D eigenvalue weighted by atomic mass is 10.1. The molecule has 0 amide bonds. The molecule has 0 spiro atoms. The van der Waals surface area contributed by atoms with Gasteiger partial charge in [-0.05, 0) is 31.0 Å². The summed E-state index contributed by atoms with van der Waals surface area (Å²) in [5.41, 5.74) is -0.791. The predicted octanol–water partition coefficient (Wildman–Crippen LogP) is 3.44. The molecule has 16 heavy (non-hydrogen) atoms. The summed E-state index contributed by atoms with van der Waals surface area (Å²) in [6.07, 6.45) is -2.72. The Labute approximate surface area is 90.7 Å². The fraction of sp³-hybridized carbons (Fsp3) is 0.455. The van der Waals surface area contributed by atoms with Gasteiger partial charge in [0.05, 0.1) is 11.3 Å². The maximum atomic E-state index is 13.0. The molecule has 1 aliphatic heterocycles. The van der Waals surface area contributed by atoms with E-state index in [9.17, 15) is 17.6 Å². The normalized spacial score (nSPS) is 16.9. The number of anilines is 1. The van der Waals surface area contributed by atoms with Gasteiger partial charge in [-0.25, -0.2) is 4.39 Å². The van der Waals surface area contributed by atoms with Crippen LogP contribution < -0.4 is 4.90 Å². The van der Waals surface area contributed by atoms with Crippen molar-refractivity contribution < 1.29 is 17.6 Å². The van der Waals surface area contributed by atoms with Crippen LogP contribution in [0.3, 0.4) is 0 Å². The second-order valence-electron chi connectivity index (χ2n) is 3.85. The molecular weight excluding hydrogens is 222 g/mol. The first kappa shape index (κ1) is 11.2. The zero-order valence-electron chi connectivity index (χ0n) is 8.52. The Morgan fingerprint density at radius 1 is 1.06 bits per heavy atom. The van der Waals surface area contributed by atoms with Crippen molar-refractivity contribution in [1.29, 1.82) is 0 Å². The first-order valence-electron chi connectivity index (χ1n) is 5.10. The molecule has 0 aromatic heterocycles. The molecule has 2 rings (SSSR count). The zero-order valence-corrected chi connectivity index (χ0v) is 8.52. The molecule has 1 aromatic rings. The van der Waals surface area contributed by atoms with Gasteiger partial charge in [0.1, 0.15) is 5.82 Å². The molecule has 0 unspecified atom stereocenters. The van der Waals surface area contributed by atoms with Crippen LogP contribution in [0.5, 0.6) is 0 Å². The van der Waals surface area contributed by atoms with E-state index in [0.717, 1.165) is 31.0 Å². The molecule has 1 aliphatic rings. The van der Waals surface area contributed by atoms with E-state index in [1.54, 1.807) is 4.90 Å². The van der Waals surface area contributed by atoms with Gasteiger partial charge < -0.3 is 4.90 Å². The van der Waals surface area contributed by atoms with E-state index in [-0.39, 0.29) is 5.69 Å². The summed E-state index contributed by atoms with van der Waals surface area (Å²) in [5.74, 6) is -0.630. The van der Waals surface area contributed by atoms with Crippen molar-refractivity contribution in [3.05, 3.63) is 29.6 Å². The SMILES string of the molecule is Fc1ccc(C(F)(F)F)c(N2CCCC2)c1. The standard InChI is InChI=1S/C11H11F4N/c12-8-3-4-9(11(13,14)15)10(7-8)16-5-1-2-6-16/h3-4,7H,1-2,5-6H2. The quantitative estimate of drug-likeness (QED) is 0.671. The van der Waals surface area contributed by atoms with Crippen LogP contribution in [-0.2, 0) is 6.18 Å². The molecular formula is C11H11F4N. The molecule has 1 fully saturated rings. The van der Waals surface area contributed by atoms with Crippen molar-refractivity contribution >= 4 is 5.69 Å². The Hall–Kier alpha value is -1.26. The molecule has 0 atom stereocenters. The lowest BCUT2D eigenvalue weighted by Gasteiger charge is -2.22. The summed E-state index contributed by atoms with van der Waals surface area (Å²) >= 11 is 0. The molecule has 0 bridgehead atoms. The minimum Gasteiger partial charge on any atom is -0.371 e. The summed E-state index contributed by atoms with van der Waals surface area (Å²) in [6, 6.07) is 2.62. The molecule has 0 aliphatic carbocycles. The van der Waals surface area contributed by atoms with Crippen LogP contribution in [0.15, 0.2) is 18.2 Å². The maximum absolute atomic E-state index is 13.0. The largest absolute Gasteiger partial charge is 0.418 e. The summed E-state index contributed by atoms with van der Waals surface area (Å²) in [6.45, 7) is 1.12. The third kappa shape index (κ3) is 2.13. The molecule has 1 nitrogen and oxygen atoms in total. The van der Waals surface area contributed by atoms with Crippen LogP contribution >= 0.6 is 0 Å². The average molecular weight is 233 g/mol. The molecule has 0 saturated carbocycles. The zero-order chi connectivity index (χ0) is 11.8. The molecule has 1 aromatic carbocycles. The molecule has 1 saturated heterocycles. The van der Waals surface area contributed by atoms with E-state index in [0.29, 0.717) is 13.1 Å². The number of nitrogens with zero attached hydrogens (tertiary/aromatic N) is 1. The highest BCUT2D eigenvalue weighted by molar-refractivity contribution is 5.55. The third-order valence-corrected chi connectivity index (χ3v) is 2.71. The molecule has 0 radical (unpaired) electrons. The second kappa shape index (κ2) is 3.96. The average Bonchev–Trinajstić information content (AvgIpc) is 2.68. The predicted molar refractivity (Wildman–Crippen MR) is 52.8 cm³/mol. The number of hydrogen-bond donors (Lipinski definition) is 0. The molecule has 88 valence electrons. The van der Waals surface area contributed by atoms with E-state index >= 15 is 0 Å². The smallest absolute Gasteiger partial charge is 0.371 e. The fourth-order valence-electron chi connectivity index (χ4n) is 1.96. The Bertz CT molecular complexity index is 380. The van der Waals surface area contributed by atoms with Gasteiger partial charge in [0.2, 0.25) is 0 Å². The minimum atomic E-state index is -4.42. The van der Waals surface area contributed by atoms with E-state index in [4.69, 9.17) is 0 Å². The van der Waals surface area contributed by atoms with Crippen LogP contribution in [0.2, 0.25) is 0 Å². The summed E-state index contributed by atoms with van der Waals surface area (Å²) in [4.78, 5) is 1.59. The highest BCUT2D eigenvalue weighted by Gasteiger charge is 2.35. The minimum absolute atomic E-state index is 0.0370. The fourth-order valence-corrected chi connectivity index (χ4v) is 1.96. The Morgan fingerprint density at radius 2 is 1.69 bits per heavy atom. The van der Waals surface area contributed by atoms with Gasteiger partial charge in [0.25, 0.3) is 0 Å². The first-order chi connectivity index (χ1) is 7.48. The highest BCUT2D eigenvalue weighted by atomic mass is 19.4. The van der Waals surface area contributed by atoms with Crippen LogP contribution in [0.1, 0.15) is 18.4 Å². The van der Waals surface area contributed by atoms with Crippen molar-refractivity contribution in [2.24, 2.45) is 0 Å². The van der Waals surface area contributed by atoms with Crippen molar-refractivity contribution in [2.75, 3.05) is 18.0 Å². The molecule has 0 N–H and O–H groups in total. The summed E-state index contributed by atoms with van der Waals surface area (Å²) in [7, 11) is 0. The molecule has 1 heterocycles. The van der Waals surface area contributed by atoms with Crippen molar-refractivity contribution in [2.45, 2.75) is 19.0 Å². The van der Waals surface area contributed by atoms with Gasteiger partial charge >= 0.3 is 6.18 Å². The first-order valence-corrected chi connectivity index (χ1v) is 5.10. The van der Waals surface area contributed by atoms with Crippen LogP contribution in [0.4, 0.5) is 23.2 Å². The van der Waals surface area contributed by atoms with Crippen molar-refractivity contribution in [1.82, 2.24) is 0 Å². The lowest BCUT2D eigenvalue weighted by molar-refractivity contribution is -0.137. The number of hydrogen-bond acceptors (Lipinski definition) is 1. The van der Waals surface area contributed by atoms with Gasteiger partial charge in [-0.2, -0.15) is 13.2 Å². The summed E-state index contributed by atoms with van der Waals surface area (Å²) in [5, 5.41) is 0. The maximum Gasteiger partial charge on any atom is 0.418 e. The van der Waals surface area contributed by atoms with Crippen molar-refractivity contribution in [3.8, 4) is 0 Å². The monoisotopic (exact) mass is 233 g/mol. The Morgan fingerprint density at radius 3 is 2.25 bits per heavy atom. The molecule has 5 heteroatoms. The lowest BCUT2D eigenvalue weighted by Crippen LogP contribution is -2.22. The number of halogens is 4. The number of rotatable bonds is 1. The number of benzene rings is 1. The van der Waals surface area contributed by atoms with Gasteiger partial charge in [0.15, 0.2) is 0 Å². The number of alkyl halides is 3. The van der Waals surface area contributed by atoms with Gasteiger partial charge in [-0.1, -0.05) is 0 Å². The van der Waals surface area contributed by atoms with E-state index in [2.05, 4.69) is 0 Å². The topological polar surface area (TPSA) is 3.24 Å². The van der Waals surface area contributed by atoms with E-state index in [1.807, 2.05) is 0 Å². The van der Waals surface area contributed by atoms with Crippen LogP contribution in [0, 0.1) is 5.82 Å². The highest BCUT2D eigenvalue weighted by Crippen LogP contribution is 2.37. The van der Waals surface area contributed by atoms with Gasteiger partial charge in [-0.3, -0.25) is 0 Å². The van der Waals surface area contributed by atoms with Crippen molar-refractivity contribution in [3.63, 3.8) is 0 Å². The van der Waals surface area contributed by atoms with Crippen LogP contribution in [-0.4, -0.2) is 13.1 Å². The summed E-state index contributed by atoms with van der Waals surface area (Å²) < 4.78 is 51.0. The second-order valence-corrected chi connectivity index (χ2v) is 3.85. The van der Waals surface area contributed by atoms with E-state index < -0.39 is 17.6 Å². The van der Waals surface area contributed by atoms with E-state index in [1.165, 1.54) is 0 Å². The van der Waals surface area contributed by atoms with Crippen LogP contribution in [0.25, 0.3) is 0 Å². The Balaban J connectivity index is 2.43. The third-order valence-electron chi connectivity index (χ3n) is 2.71. The van der Waals surface area contributed by atoms with Gasteiger partial charge in [0, 0.05) is 13.1 Å². The Kier molecular flexibility index (Phi) is 2.78.